The van der Waals surface area contributed by atoms with Crippen LogP contribution in [0.15, 0.2) is 65.7 Å². The lowest BCUT2D eigenvalue weighted by atomic mass is 9.98. The number of amides is 1. The largest absolute Gasteiger partial charge is 0.282 e. The molecule has 3 heterocycles. The maximum Gasteiger partial charge on any atom is 0.243 e. The van der Waals surface area contributed by atoms with E-state index in [9.17, 15) is 13.2 Å². The molecule has 1 unspecified atom stereocenters. The Labute approximate surface area is 221 Å². The predicted molar refractivity (Wildman–Crippen MR) is 147 cm³/mol. The summed E-state index contributed by atoms with van der Waals surface area (Å²) in [6, 6.07) is 16.6. The van der Waals surface area contributed by atoms with Crippen LogP contribution in [0.25, 0.3) is 10.2 Å². The Balaban J connectivity index is 1.46. The summed E-state index contributed by atoms with van der Waals surface area (Å²) in [5.41, 5.74) is 4.86. The van der Waals surface area contributed by atoms with Crippen LogP contribution in [0, 0.1) is 26.7 Å². The van der Waals surface area contributed by atoms with Crippen LogP contribution in [0.1, 0.15) is 35.2 Å². The molecule has 2 aromatic carbocycles. The number of carbonyl (C=O) groups is 1. The van der Waals surface area contributed by atoms with Gasteiger partial charge in [-0.1, -0.05) is 41.2 Å². The molecule has 1 aliphatic heterocycles. The molecule has 1 atom stereocenters. The molecule has 9 heteroatoms. The number of rotatable bonds is 6. The molecule has 1 saturated heterocycles. The number of pyridine rings is 1. The van der Waals surface area contributed by atoms with E-state index in [-0.39, 0.29) is 23.9 Å². The van der Waals surface area contributed by atoms with Gasteiger partial charge in [-0.3, -0.25) is 14.7 Å². The van der Waals surface area contributed by atoms with Crippen LogP contribution >= 0.6 is 11.3 Å². The van der Waals surface area contributed by atoms with Crippen LogP contribution in [0.5, 0.6) is 0 Å². The first-order valence-electron chi connectivity index (χ1n) is 12.4. The van der Waals surface area contributed by atoms with Crippen molar-refractivity contribution >= 4 is 42.6 Å². The minimum atomic E-state index is -3.69. The number of hydrogen-bond acceptors (Lipinski definition) is 6. The third-order valence-corrected chi connectivity index (χ3v) is 9.85. The van der Waals surface area contributed by atoms with E-state index in [1.54, 1.807) is 35.4 Å². The van der Waals surface area contributed by atoms with E-state index in [0.717, 1.165) is 32.6 Å². The van der Waals surface area contributed by atoms with Crippen molar-refractivity contribution in [2.45, 2.75) is 45.1 Å². The van der Waals surface area contributed by atoms with Gasteiger partial charge in [-0.15, -0.1) is 0 Å². The molecule has 5 rings (SSSR count). The van der Waals surface area contributed by atoms with Crippen molar-refractivity contribution in [3.05, 3.63) is 83.2 Å². The molecular formula is C28H30N4O3S2. The fourth-order valence-corrected chi connectivity index (χ4v) is 7.36. The first-order chi connectivity index (χ1) is 17.7. The highest BCUT2D eigenvalue weighted by molar-refractivity contribution is 7.89. The van der Waals surface area contributed by atoms with E-state index in [1.165, 1.54) is 15.6 Å². The first kappa shape index (κ1) is 25.5. The number of hydrogen-bond donors (Lipinski definition) is 0. The molecule has 1 amide bonds. The molecular weight excluding hydrogens is 504 g/mol. The van der Waals surface area contributed by atoms with Gasteiger partial charge >= 0.3 is 0 Å². The molecule has 0 bridgehead atoms. The standard InChI is InChI=1S/C28H30N4O3S2/c1-19-9-11-24(12-10-19)37(34,35)31-14-6-7-22(17-31)27(33)32(18-23-8-4-5-13-29-23)28-30-25-16-20(2)15-21(3)26(25)36-28/h4-5,8-13,15-16,22H,6-7,14,17-18H2,1-3H3. The van der Waals surface area contributed by atoms with E-state index < -0.39 is 15.9 Å². The monoisotopic (exact) mass is 534 g/mol. The van der Waals surface area contributed by atoms with Crippen LogP contribution in [-0.4, -0.2) is 41.7 Å². The fraction of sp³-hybridized carbons (Fsp3) is 0.321. The third kappa shape index (κ3) is 5.30. The van der Waals surface area contributed by atoms with Gasteiger partial charge in [0.2, 0.25) is 15.9 Å². The third-order valence-electron chi connectivity index (χ3n) is 6.74. The summed E-state index contributed by atoms with van der Waals surface area (Å²) in [5, 5.41) is 0.609. The summed E-state index contributed by atoms with van der Waals surface area (Å²) >= 11 is 1.49. The van der Waals surface area contributed by atoms with Crippen molar-refractivity contribution in [2.24, 2.45) is 5.92 Å². The lowest BCUT2D eigenvalue weighted by Gasteiger charge is -2.33. The van der Waals surface area contributed by atoms with E-state index in [1.807, 2.05) is 38.1 Å². The Morgan fingerprint density at radius 1 is 1.08 bits per heavy atom. The normalized spacial score (nSPS) is 16.7. The van der Waals surface area contributed by atoms with Gasteiger partial charge in [-0.05, 0) is 75.1 Å². The van der Waals surface area contributed by atoms with Gasteiger partial charge in [0, 0.05) is 19.3 Å². The zero-order valence-electron chi connectivity index (χ0n) is 21.2. The Hall–Kier alpha value is -3.14. The summed E-state index contributed by atoms with van der Waals surface area (Å²) in [6.07, 6.45) is 2.96. The lowest BCUT2D eigenvalue weighted by molar-refractivity contribution is -0.123. The highest BCUT2D eigenvalue weighted by Crippen LogP contribution is 2.35. The van der Waals surface area contributed by atoms with Gasteiger partial charge in [0.05, 0.1) is 33.3 Å². The SMILES string of the molecule is Cc1ccc(S(=O)(=O)N2CCCC(C(=O)N(Cc3ccccn3)c3nc4cc(C)cc(C)c4s3)C2)cc1. The topological polar surface area (TPSA) is 83.5 Å². The Morgan fingerprint density at radius 3 is 2.59 bits per heavy atom. The molecule has 1 aliphatic rings. The van der Waals surface area contributed by atoms with Crippen LogP contribution in [0.3, 0.4) is 0 Å². The average molecular weight is 535 g/mol. The van der Waals surface area contributed by atoms with Crippen LogP contribution in [0.4, 0.5) is 5.13 Å². The minimum absolute atomic E-state index is 0.122. The summed E-state index contributed by atoms with van der Waals surface area (Å²) in [6.45, 7) is 6.84. The second-order valence-electron chi connectivity index (χ2n) is 9.69. The van der Waals surface area contributed by atoms with E-state index >= 15 is 0 Å². The number of piperidine rings is 1. The number of aromatic nitrogens is 2. The number of nitrogens with zero attached hydrogens (tertiary/aromatic N) is 4. The maximum absolute atomic E-state index is 14.0. The van der Waals surface area contributed by atoms with Gasteiger partial charge in [0.1, 0.15) is 0 Å². The van der Waals surface area contributed by atoms with Crippen LogP contribution < -0.4 is 4.90 Å². The number of carbonyl (C=O) groups excluding carboxylic acids is 1. The fourth-order valence-electron chi connectivity index (χ4n) is 4.82. The van der Waals surface area contributed by atoms with Crippen molar-refractivity contribution in [2.75, 3.05) is 18.0 Å². The molecule has 1 fully saturated rings. The molecule has 2 aromatic heterocycles. The van der Waals surface area contributed by atoms with Gasteiger partial charge < -0.3 is 0 Å². The van der Waals surface area contributed by atoms with Gasteiger partial charge in [0.25, 0.3) is 0 Å². The van der Waals surface area contributed by atoms with Crippen molar-refractivity contribution in [3.8, 4) is 0 Å². The van der Waals surface area contributed by atoms with Crippen LogP contribution in [0.2, 0.25) is 0 Å². The summed E-state index contributed by atoms with van der Waals surface area (Å²) in [4.78, 5) is 25.2. The molecule has 0 aliphatic carbocycles. The Kier molecular flexibility index (Phi) is 7.11. The lowest BCUT2D eigenvalue weighted by Crippen LogP contribution is -2.46. The van der Waals surface area contributed by atoms with Crippen molar-refractivity contribution in [1.29, 1.82) is 0 Å². The van der Waals surface area contributed by atoms with Gasteiger partial charge in [-0.25, -0.2) is 13.4 Å². The predicted octanol–water partition coefficient (Wildman–Crippen LogP) is 5.25. The Morgan fingerprint density at radius 2 is 1.86 bits per heavy atom. The quantitative estimate of drug-likeness (QED) is 0.337. The van der Waals surface area contributed by atoms with E-state index in [4.69, 9.17) is 4.98 Å². The van der Waals surface area contributed by atoms with E-state index in [0.29, 0.717) is 24.5 Å². The van der Waals surface area contributed by atoms with Gasteiger partial charge in [0.15, 0.2) is 5.13 Å². The number of fused-ring (bicyclic) bond motifs is 1. The molecule has 0 radical (unpaired) electrons. The number of aryl methyl sites for hydroxylation is 3. The highest BCUT2D eigenvalue weighted by Gasteiger charge is 2.36. The molecule has 0 spiro atoms. The van der Waals surface area contributed by atoms with E-state index in [2.05, 4.69) is 18.0 Å². The Bertz CT molecular complexity index is 1530. The minimum Gasteiger partial charge on any atom is -0.282 e. The molecule has 0 N–H and O–H groups in total. The zero-order chi connectivity index (χ0) is 26.2. The van der Waals surface area contributed by atoms with Crippen molar-refractivity contribution < 1.29 is 13.2 Å². The number of benzene rings is 2. The molecule has 192 valence electrons. The number of anilines is 1. The second-order valence-corrected chi connectivity index (χ2v) is 12.6. The maximum atomic E-state index is 14.0. The summed E-state index contributed by atoms with van der Waals surface area (Å²) < 4.78 is 29.2. The highest BCUT2D eigenvalue weighted by atomic mass is 32.2. The average Bonchev–Trinajstić information content (AvgIpc) is 3.32. The van der Waals surface area contributed by atoms with Crippen LogP contribution in [-0.2, 0) is 21.4 Å². The summed E-state index contributed by atoms with van der Waals surface area (Å²) in [5.74, 6) is -0.588. The van der Waals surface area contributed by atoms with Gasteiger partial charge in [-0.2, -0.15) is 4.31 Å². The molecule has 7 nitrogen and oxygen atoms in total. The molecule has 37 heavy (non-hydrogen) atoms. The second kappa shape index (κ2) is 10.3. The van der Waals surface area contributed by atoms with Crippen molar-refractivity contribution in [3.63, 3.8) is 0 Å². The molecule has 4 aromatic rings. The number of thiazole rings is 1. The summed E-state index contributed by atoms with van der Waals surface area (Å²) in [7, 11) is -3.69. The zero-order valence-corrected chi connectivity index (χ0v) is 22.8. The number of sulfonamides is 1. The van der Waals surface area contributed by atoms with Crippen molar-refractivity contribution in [1.82, 2.24) is 14.3 Å². The molecule has 0 saturated carbocycles. The smallest absolute Gasteiger partial charge is 0.243 e. The first-order valence-corrected chi connectivity index (χ1v) is 14.6.